The summed E-state index contributed by atoms with van der Waals surface area (Å²) in [6.45, 7) is 2.32. The maximum Gasteiger partial charge on any atom is 0.272 e. The Bertz CT molecular complexity index is 821. The number of rotatable bonds is 5. The Hall–Kier alpha value is -2.30. The summed E-state index contributed by atoms with van der Waals surface area (Å²) in [6.07, 6.45) is 9.40. The lowest BCUT2D eigenvalue weighted by Gasteiger charge is -2.56. The van der Waals surface area contributed by atoms with E-state index in [2.05, 4.69) is 10.4 Å². The first-order valence-corrected chi connectivity index (χ1v) is 10.1. The second-order valence-corrected chi connectivity index (χ2v) is 8.93. The number of amides is 1. The van der Waals surface area contributed by atoms with Crippen LogP contribution in [0.1, 0.15) is 54.6 Å². The molecule has 1 amide bonds. The van der Waals surface area contributed by atoms with E-state index in [1.54, 1.807) is 10.7 Å². The molecule has 27 heavy (non-hydrogen) atoms. The van der Waals surface area contributed by atoms with Crippen molar-refractivity contribution in [1.29, 1.82) is 0 Å². The summed E-state index contributed by atoms with van der Waals surface area (Å²) in [4.78, 5) is 12.8. The summed E-state index contributed by atoms with van der Waals surface area (Å²) in [6, 6.07) is 9.69. The van der Waals surface area contributed by atoms with Crippen LogP contribution in [0.4, 0.5) is 0 Å². The van der Waals surface area contributed by atoms with E-state index in [9.17, 15) is 4.79 Å². The van der Waals surface area contributed by atoms with Crippen LogP contribution in [0.3, 0.4) is 0 Å². The Morgan fingerprint density at radius 1 is 1.15 bits per heavy atom. The van der Waals surface area contributed by atoms with Crippen LogP contribution in [0, 0.1) is 24.7 Å². The van der Waals surface area contributed by atoms with Gasteiger partial charge in [-0.05, 0) is 80.9 Å². The molecule has 1 N–H and O–H groups in total. The van der Waals surface area contributed by atoms with Crippen LogP contribution in [0.2, 0.25) is 0 Å². The van der Waals surface area contributed by atoms with E-state index in [1.807, 2.05) is 37.4 Å². The van der Waals surface area contributed by atoms with Gasteiger partial charge in [0, 0.05) is 11.7 Å². The van der Waals surface area contributed by atoms with Crippen LogP contribution < -0.4 is 10.1 Å². The Kier molecular flexibility index (Phi) is 3.99. The van der Waals surface area contributed by atoms with Crippen molar-refractivity contribution in [3.05, 3.63) is 47.8 Å². The molecule has 0 atom stereocenters. The lowest BCUT2D eigenvalue weighted by Crippen LogP contribution is -2.59. The molecule has 5 nitrogen and oxygen atoms in total. The molecular formula is C22H27N3O2. The van der Waals surface area contributed by atoms with Crippen molar-refractivity contribution >= 4 is 5.91 Å². The smallest absolute Gasteiger partial charge is 0.272 e. The topological polar surface area (TPSA) is 56.1 Å². The number of aryl methyl sites for hydroxylation is 1. The van der Waals surface area contributed by atoms with Gasteiger partial charge in [-0.2, -0.15) is 5.10 Å². The summed E-state index contributed by atoms with van der Waals surface area (Å²) in [5, 5.41) is 7.81. The third-order valence-corrected chi connectivity index (χ3v) is 6.74. The average molecular weight is 365 g/mol. The zero-order valence-corrected chi connectivity index (χ0v) is 15.9. The van der Waals surface area contributed by atoms with Gasteiger partial charge in [0.25, 0.3) is 5.91 Å². The highest BCUT2D eigenvalue weighted by Crippen LogP contribution is 2.55. The first-order chi connectivity index (χ1) is 13.1. The first kappa shape index (κ1) is 16.8. The van der Waals surface area contributed by atoms with E-state index in [4.69, 9.17) is 4.74 Å². The molecule has 4 saturated carbocycles. The number of carbonyl (C=O) groups excluding carboxylic acids is 1. The fraction of sp³-hybridized carbons (Fsp3) is 0.545. The van der Waals surface area contributed by atoms with Gasteiger partial charge in [-0.3, -0.25) is 4.79 Å². The zero-order valence-electron chi connectivity index (χ0n) is 15.9. The highest BCUT2D eigenvalue weighted by Gasteiger charge is 2.51. The molecule has 5 heteroatoms. The molecule has 6 rings (SSSR count). The monoisotopic (exact) mass is 365 g/mol. The van der Waals surface area contributed by atoms with Crippen LogP contribution in [0.5, 0.6) is 5.75 Å². The van der Waals surface area contributed by atoms with Crippen molar-refractivity contribution in [3.63, 3.8) is 0 Å². The lowest BCUT2D eigenvalue weighted by atomic mass is 9.53. The molecule has 1 heterocycles. The number of nitrogens with zero attached hydrogens (tertiary/aromatic N) is 2. The average Bonchev–Trinajstić information content (AvgIpc) is 3.09. The first-order valence-electron chi connectivity index (χ1n) is 10.1. The quantitative estimate of drug-likeness (QED) is 0.873. The van der Waals surface area contributed by atoms with E-state index in [0.29, 0.717) is 12.4 Å². The molecule has 0 spiro atoms. The molecule has 2 aromatic rings. The highest BCUT2D eigenvalue weighted by atomic mass is 16.5. The highest BCUT2D eigenvalue weighted by molar-refractivity contribution is 5.92. The standard InChI is InChI=1S/C22H27N3O2/c1-15-4-2-3-5-20(15)27-14-25-7-6-19(24-25)21(26)23-22-11-16-8-17(12-22)10-18(9-16)13-22/h2-7,16-18H,8-14H2,1H3,(H,23,26). The predicted octanol–water partition coefficient (Wildman–Crippen LogP) is 3.93. The van der Waals surface area contributed by atoms with E-state index >= 15 is 0 Å². The van der Waals surface area contributed by atoms with Crippen molar-refractivity contribution in [2.75, 3.05) is 0 Å². The molecule has 1 aromatic heterocycles. The fourth-order valence-corrected chi connectivity index (χ4v) is 5.98. The molecule has 4 aliphatic rings. The van der Waals surface area contributed by atoms with Gasteiger partial charge in [0.05, 0.1) is 0 Å². The number of nitrogens with one attached hydrogen (secondary N) is 1. The van der Waals surface area contributed by atoms with Gasteiger partial charge in [0.2, 0.25) is 0 Å². The maximum absolute atomic E-state index is 12.8. The molecular weight excluding hydrogens is 338 g/mol. The van der Waals surface area contributed by atoms with Crippen molar-refractivity contribution in [1.82, 2.24) is 15.1 Å². The number of aromatic nitrogens is 2. The number of hydrogen-bond acceptors (Lipinski definition) is 3. The molecule has 1 aromatic carbocycles. The number of carbonyl (C=O) groups is 1. The Labute approximate surface area is 160 Å². The molecule has 0 aliphatic heterocycles. The summed E-state index contributed by atoms with van der Waals surface area (Å²) >= 11 is 0. The van der Waals surface area contributed by atoms with Gasteiger partial charge in [-0.1, -0.05) is 18.2 Å². The van der Waals surface area contributed by atoms with E-state index < -0.39 is 0 Å². The maximum atomic E-state index is 12.8. The van der Waals surface area contributed by atoms with Crippen LogP contribution in [-0.4, -0.2) is 21.2 Å². The van der Waals surface area contributed by atoms with Crippen molar-refractivity contribution < 1.29 is 9.53 Å². The van der Waals surface area contributed by atoms with Gasteiger partial charge in [0.15, 0.2) is 6.73 Å². The molecule has 142 valence electrons. The Morgan fingerprint density at radius 2 is 1.81 bits per heavy atom. The van der Waals surface area contributed by atoms with E-state index in [1.165, 1.54) is 19.3 Å². The molecule has 4 bridgehead atoms. The largest absolute Gasteiger partial charge is 0.471 e. The van der Waals surface area contributed by atoms with Crippen molar-refractivity contribution in [2.24, 2.45) is 17.8 Å². The molecule has 0 radical (unpaired) electrons. The number of ether oxygens (including phenoxy) is 1. The van der Waals surface area contributed by atoms with Gasteiger partial charge in [-0.25, -0.2) is 4.68 Å². The van der Waals surface area contributed by atoms with Crippen LogP contribution in [-0.2, 0) is 6.73 Å². The fourth-order valence-electron chi connectivity index (χ4n) is 5.98. The zero-order chi connectivity index (χ0) is 18.4. The summed E-state index contributed by atoms with van der Waals surface area (Å²) < 4.78 is 7.50. The predicted molar refractivity (Wildman–Crippen MR) is 102 cm³/mol. The number of benzene rings is 1. The third kappa shape index (κ3) is 3.24. The molecule has 0 unspecified atom stereocenters. The minimum atomic E-state index is -0.0356. The van der Waals surface area contributed by atoms with E-state index in [0.717, 1.165) is 48.3 Å². The second kappa shape index (κ2) is 6.39. The van der Waals surface area contributed by atoms with Crippen LogP contribution in [0.15, 0.2) is 36.5 Å². The molecule has 4 aliphatic carbocycles. The SMILES string of the molecule is Cc1ccccc1OCn1ccc(C(=O)NC23CC4CC(CC(C4)C2)C3)n1. The van der Waals surface area contributed by atoms with Gasteiger partial charge in [0.1, 0.15) is 11.4 Å². The third-order valence-electron chi connectivity index (χ3n) is 6.74. The summed E-state index contributed by atoms with van der Waals surface area (Å²) in [7, 11) is 0. The van der Waals surface area contributed by atoms with Gasteiger partial charge < -0.3 is 10.1 Å². The van der Waals surface area contributed by atoms with Crippen LogP contribution in [0.25, 0.3) is 0 Å². The molecule has 0 saturated heterocycles. The van der Waals surface area contributed by atoms with Crippen molar-refractivity contribution in [3.8, 4) is 5.75 Å². The lowest BCUT2D eigenvalue weighted by molar-refractivity contribution is -0.0168. The molecule has 4 fully saturated rings. The Balaban J connectivity index is 1.23. The Morgan fingerprint density at radius 3 is 2.48 bits per heavy atom. The van der Waals surface area contributed by atoms with Gasteiger partial charge in [-0.15, -0.1) is 0 Å². The normalized spacial score (nSPS) is 31.1. The van der Waals surface area contributed by atoms with Crippen LogP contribution >= 0.6 is 0 Å². The van der Waals surface area contributed by atoms with E-state index in [-0.39, 0.29) is 11.4 Å². The number of para-hydroxylation sites is 1. The minimum Gasteiger partial charge on any atom is -0.471 e. The van der Waals surface area contributed by atoms with Crippen molar-refractivity contribution in [2.45, 2.75) is 57.7 Å². The second-order valence-electron chi connectivity index (χ2n) is 8.93. The number of hydrogen-bond donors (Lipinski definition) is 1. The van der Waals surface area contributed by atoms with Gasteiger partial charge >= 0.3 is 0 Å². The minimum absolute atomic E-state index is 0.0211. The summed E-state index contributed by atoms with van der Waals surface area (Å²) in [5.41, 5.74) is 1.59. The summed E-state index contributed by atoms with van der Waals surface area (Å²) in [5.74, 6) is 3.25.